The van der Waals surface area contributed by atoms with Crippen LogP contribution in [0.3, 0.4) is 0 Å². The third-order valence-electron chi connectivity index (χ3n) is 4.00. The van der Waals surface area contributed by atoms with Gasteiger partial charge in [-0.25, -0.2) is 14.4 Å². The third kappa shape index (κ3) is 3.63. The molecule has 27 heavy (non-hydrogen) atoms. The highest BCUT2D eigenvalue weighted by Crippen LogP contribution is 2.30. The molecule has 0 spiro atoms. The van der Waals surface area contributed by atoms with Crippen LogP contribution in [0.15, 0.2) is 57.9 Å². The van der Waals surface area contributed by atoms with E-state index in [1.54, 1.807) is 18.2 Å². The molecule has 0 bridgehead atoms. The van der Waals surface area contributed by atoms with Crippen molar-refractivity contribution >= 4 is 45.0 Å². The van der Waals surface area contributed by atoms with Crippen LogP contribution in [0.4, 0.5) is 4.39 Å². The highest BCUT2D eigenvalue weighted by molar-refractivity contribution is 8.00. The lowest BCUT2D eigenvalue weighted by atomic mass is 10.2. The van der Waals surface area contributed by atoms with Gasteiger partial charge in [-0.05, 0) is 36.2 Å². The van der Waals surface area contributed by atoms with Gasteiger partial charge < -0.3 is 0 Å². The van der Waals surface area contributed by atoms with Crippen LogP contribution in [-0.4, -0.2) is 14.5 Å². The second-order valence-electron chi connectivity index (χ2n) is 5.87. The van der Waals surface area contributed by atoms with Crippen LogP contribution < -0.4 is 5.56 Å². The van der Waals surface area contributed by atoms with Crippen LogP contribution in [0, 0.1) is 12.7 Å². The fourth-order valence-corrected chi connectivity index (χ4v) is 4.96. The molecule has 4 aromatic rings. The van der Waals surface area contributed by atoms with E-state index in [0.717, 1.165) is 15.5 Å². The molecule has 2 heterocycles. The lowest BCUT2D eigenvalue weighted by molar-refractivity contribution is 0.627. The van der Waals surface area contributed by atoms with Gasteiger partial charge in [-0.15, -0.1) is 11.3 Å². The summed E-state index contributed by atoms with van der Waals surface area (Å²) in [7, 11) is 0. The molecule has 0 radical (unpaired) electrons. The first-order valence-corrected chi connectivity index (χ1v) is 10.2. The number of aryl methyl sites for hydroxylation is 1. The summed E-state index contributed by atoms with van der Waals surface area (Å²) in [5.74, 6) is 0.376. The number of aromatic nitrogens is 3. The Bertz CT molecular complexity index is 1170. The topological polar surface area (TPSA) is 47.8 Å². The third-order valence-corrected chi connectivity index (χ3v) is 6.55. The molecule has 2 aromatic carbocycles. The van der Waals surface area contributed by atoms with Crippen molar-refractivity contribution in [3.8, 4) is 5.69 Å². The first-order valence-electron chi connectivity index (χ1n) is 8.04. The average molecular weight is 418 g/mol. The maximum atomic E-state index is 13.0. The van der Waals surface area contributed by atoms with Gasteiger partial charge in [0.1, 0.15) is 16.8 Å². The molecule has 0 fully saturated rings. The van der Waals surface area contributed by atoms with Crippen LogP contribution >= 0.6 is 34.7 Å². The van der Waals surface area contributed by atoms with Crippen LogP contribution in [-0.2, 0) is 5.75 Å². The van der Waals surface area contributed by atoms with Gasteiger partial charge in [0.15, 0.2) is 9.99 Å². The molecule has 136 valence electrons. The zero-order chi connectivity index (χ0) is 19.0. The lowest BCUT2D eigenvalue weighted by Gasteiger charge is -2.10. The molecule has 4 rings (SSSR count). The Morgan fingerprint density at radius 3 is 2.74 bits per heavy atom. The van der Waals surface area contributed by atoms with Crippen molar-refractivity contribution in [1.29, 1.82) is 0 Å². The van der Waals surface area contributed by atoms with E-state index in [-0.39, 0.29) is 11.4 Å². The molecule has 0 aliphatic carbocycles. The smallest absolute Gasteiger partial charge is 0.267 e. The zero-order valence-corrected chi connectivity index (χ0v) is 16.5. The number of hydrogen-bond acceptors (Lipinski definition) is 5. The number of hydrogen-bond donors (Lipinski definition) is 0. The van der Waals surface area contributed by atoms with Crippen molar-refractivity contribution < 1.29 is 4.39 Å². The number of thioether (sulfide) groups is 1. The number of rotatable bonds is 4. The number of halogens is 2. The van der Waals surface area contributed by atoms with E-state index in [0.29, 0.717) is 26.8 Å². The van der Waals surface area contributed by atoms with Crippen LogP contribution in [0.2, 0.25) is 5.02 Å². The molecule has 0 amide bonds. The summed E-state index contributed by atoms with van der Waals surface area (Å²) < 4.78 is 15.7. The fraction of sp³-hybridized carbons (Fsp3) is 0.105. The average Bonchev–Trinajstić information content (AvgIpc) is 3.07. The van der Waals surface area contributed by atoms with Crippen molar-refractivity contribution in [3.05, 3.63) is 81.1 Å². The Labute approximate surface area is 167 Å². The van der Waals surface area contributed by atoms with Crippen molar-refractivity contribution in [2.24, 2.45) is 0 Å². The van der Waals surface area contributed by atoms with E-state index in [4.69, 9.17) is 11.6 Å². The minimum atomic E-state index is -0.261. The van der Waals surface area contributed by atoms with Crippen molar-refractivity contribution in [1.82, 2.24) is 14.5 Å². The maximum Gasteiger partial charge on any atom is 0.277 e. The van der Waals surface area contributed by atoms with Gasteiger partial charge in [-0.2, -0.15) is 0 Å². The number of nitrogens with zero attached hydrogens (tertiary/aromatic N) is 3. The minimum absolute atomic E-state index is 0.192. The number of benzene rings is 2. The SMILES string of the molecule is Cc1cccc(Cl)c1-n1cnc2nc(SCc3ccc(F)cc3)sc2c1=O. The highest BCUT2D eigenvalue weighted by Gasteiger charge is 2.15. The quantitative estimate of drug-likeness (QED) is 0.426. The molecule has 2 aromatic heterocycles. The van der Waals surface area contributed by atoms with Gasteiger partial charge in [-0.1, -0.05) is 47.6 Å². The first-order chi connectivity index (χ1) is 13.0. The van der Waals surface area contributed by atoms with Crippen LogP contribution in [0.5, 0.6) is 0 Å². The molecule has 8 heteroatoms. The van der Waals surface area contributed by atoms with E-state index < -0.39 is 0 Å². The van der Waals surface area contributed by atoms with Gasteiger partial charge in [0, 0.05) is 5.75 Å². The summed E-state index contributed by atoms with van der Waals surface area (Å²) >= 11 is 9.09. The summed E-state index contributed by atoms with van der Waals surface area (Å²) in [5.41, 5.74) is 2.74. The van der Waals surface area contributed by atoms with Gasteiger partial charge in [-0.3, -0.25) is 9.36 Å². The fourth-order valence-electron chi connectivity index (χ4n) is 2.67. The van der Waals surface area contributed by atoms with Crippen LogP contribution in [0.25, 0.3) is 16.0 Å². The van der Waals surface area contributed by atoms with Crippen molar-refractivity contribution in [2.45, 2.75) is 17.0 Å². The van der Waals surface area contributed by atoms with Gasteiger partial charge in [0.05, 0.1) is 10.7 Å². The summed E-state index contributed by atoms with van der Waals surface area (Å²) in [4.78, 5) is 21.7. The molecule has 0 aliphatic heterocycles. The number of fused-ring (bicyclic) bond motifs is 1. The summed E-state index contributed by atoms with van der Waals surface area (Å²) in [6.45, 7) is 1.90. The minimum Gasteiger partial charge on any atom is -0.267 e. The molecule has 0 N–H and O–H groups in total. The Hall–Kier alpha value is -2.22. The Balaban J connectivity index is 1.68. The molecule has 0 aliphatic rings. The zero-order valence-electron chi connectivity index (χ0n) is 14.1. The van der Waals surface area contributed by atoms with E-state index in [1.165, 1.54) is 46.1 Å². The monoisotopic (exact) mass is 417 g/mol. The number of thiazole rings is 1. The Morgan fingerprint density at radius 1 is 1.22 bits per heavy atom. The van der Waals surface area contributed by atoms with E-state index in [2.05, 4.69) is 9.97 Å². The lowest BCUT2D eigenvalue weighted by Crippen LogP contribution is -2.19. The Morgan fingerprint density at radius 2 is 2.00 bits per heavy atom. The molecular formula is C19H13ClFN3OS2. The van der Waals surface area contributed by atoms with E-state index in [1.807, 2.05) is 19.1 Å². The number of para-hydroxylation sites is 1. The summed E-state index contributed by atoms with van der Waals surface area (Å²) in [5, 5.41) is 0.494. The van der Waals surface area contributed by atoms with Crippen molar-refractivity contribution in [3.63, 3.8) is 0 Å². The Kier molecular flexibility index (Phi) is 4.99. The maximum absolute atomic E-state index is 13.0. The highest BCUT2D eigenvalue weighted by atomic mass is 35.5. The second-order valence-corrected chi connectivity index (χ2v) is 8.50. The molecule has 0 atom stereocenters. The van der Waals surface area contributed by atoms with E-state index >= 15 is 0 Å². The van der Waals surface area contributed by atoms with Gasteiger partial charge in [0.25, 0.3) is 5.56 Å². The predicted octanol–water partition coefficient (Wildman–Crippen LogP) is 5.24. The van der Waals surface area contributed by atoms with E-state index in [9.17, 15) is 9.18 Å². The summed E-state index contributed by atoms with van der Waals surface area (Å²) in [6, 6.07) is 11.8. The molecule has 4 nitrogen and oxygen atoms in total. The largest absolute Gasteiger partial charge is 0.277 e. The molecular weight excluding hydrogens is 405 g/mol. The van der Waals surface area contributed by atoms with Gasteiger partial charge in [0.2, 0.25) is 0 Å². The first kappa shape index (κ1) is 18.2. The van der Waals surface area contributed by atoms with Crippen molar-refractivity contribution in [2.75, 3.05) is 0 Å². The molecule has 0 saturated carbocycles. The molecule has 0 saturated heterocycles. The second kappa shape index (κ2) is 7.42. The predicted molar refractivity (Wildman–Crippen MR) is 109 cm³/mol. The normalized spacial score (nSPS) is 11.2. The standard InChI is InChI=1S/C19H13ClFN3OS2/c1-11-3-2-4-14(20)15(11)24-10-22-17-16(18(24)25)27-19(23-17)26-9-12-5-7-13(21)8-6-12/h2-8,10H,9H2,1H3. The van der Waals surface area contributed by atoms with Gasteiger partial charge >= 0.3 is 0 Å². The summed E-state index contributed by atoms with van der Waals surface area (Å²) in [6.07, 6.45) is 1.47. The van der Waals surface area contributed by atoms with Crippen LogP contribution in [0.1, 0.15) is 11.1 Å². The molecule has 0 unspecified atom stereocenters.